The SMILES string of the molecule is O=C(CCc1cccc(-c2cncc(F)c2)c1)Nc1cccc(Cl)c1. The summed E-state index contributed by atoms with van der Waals surface area (Å²) >= 11 is 5.90. The molecule has 0 aliphatic carbocycles. The Hall–Kier alpha value is -2.72. The van der Waals surface area contributed by atoms with Gasteiger partial charge in [0.15, 0.2) is 0 Å². The molecule has 0 radical (unpaired) electrons. The molecule has 2 aromatic carbocycles. The molecule has 0 aliphatic heterocycles. The van der Waals surface area contributed by atoms with Gasteiger partial charge in [0.2, 0.25) is 5.91 Å². The highest BCUT2D eigenvalue weighted by Gasteiger charge is 2.06. The van der Waals surface area contributed by atoms with Crippen molar-refractivity contribution in [2.24, 2.45) is 0 Å². The number of hydrogen-bond donors (Lipinski definition) is 1. The van der Waals surface area contributed by atoms with Crippen LogP contribution in [0.1, 0.15) is 12.0 Å². The van der Waals surface area contributed by atoms with Crippen molar-refractivity contribution in [3.63, 3.8) is 0 Å². The summed E-state index contributed by atoms with van der Waals surface area (Å²) in [6, 6.07) is 16.2. The number of carbonyl (C=O) groups is 1. The van der Waals surface area contributed by atoms with Crippen LogP contribution in [0, 0.1) is 5.82 Å². The Morgan fingerprint density at radius 2 is 1.88 bits per heavy atom. The maximum absolute atomic E-state index is 13.3. The molecule has 126 valence electrons. The molecule has 5 heteroatoms. The Balaban J connectivity index is 1.63. The molecule has 3 rings (SSSR count). The summed E-state index contributed by atoms with van der Waals surface area (Å²) in [6.45, 7) is 0. The predicted molar refractivity (Wildman–Crippen MR) is 98.0 cm³/mol. The number of nitrogens with one attached hydrogen (secondary N) is 1. The van der Waals surface area contributed by atoms with Gasteiger partial charge in [-0.3, -0.25) is 9.78 Å². The van der Waals surface area contributed by atoms with Crippen LogP contribution in [0.15, 0.2) is 67.0 Å². The van der Waals surface area contributed by atoms with E-state index in [2.05, 4.69) is 10.3 Å². The van der Waals surface area contributed by atoms with E-state index < -0.39 is 0 Å². The van der Waals surface area contributed by atoms with Crippen LogP contribution in [-0.4, -0.2) is 10.9 Å². The number of amides is 1. The lowest BCUT2D eigenvalue weighted by Gasteiger charge is -2.07. The van der Waals surface area contributed by atoms with Crippen LogP contribution in [0.3, 0.4) is 0 Å². The molecule has 1 heterocycles. The molecule has 0 bridgehead atoms. The number of benzene rings is 2. The number of nitrogens with zero attached hydrogens (tertiary/aromatic N) is 1. The molecule has 0 saturated carbocycles. The fraction of sp³-hybridized carbons (Fsp3) is 0.100. The van der Waals surface area contributed by atoms with Gasteiger partial charge in [-0.25, -0.2) is 4.39 Å². The lowest BCUT2D eigenvalue weighted by molar-refractivity contribution is -0.116. The van der Waals surface area contributed by atoms with E-state index in [0.717, 1.165) is 11.1 Å². The zero-order valence-electron chi connectivity index (χ0n) is 13.4. The summed E-state index contributed by atoms with van der Waals surface area (Å²) < 4.78 is 13.3. The van der Waals surface area contributed by atoms with E-state index in [1.54, 1.807) is 30.5 Å². The van der Waals surface area contributed by atoms with E-state index in [1.165, 1.54) is 12.3 Å². The third kappa shape index (κ3) is 4.88. The third-order valence-electron chi connectivity index (χ3n) is 3.71. The summed E-state index contributed by atoms with van der Waals surface area (Å²) in [6.07, 6.45) is 3.72. The molecule has 0 fully saturated rings. The molecule has 0 atom stereocenters. The fourth-order valence-electron chi connectivity index (χ4n) is 2.52. The minimum atomic E-state index is -0.371. The van der Waals surface area contributed by atoms with Crippen molar-refractivity contribution in [2.45, 2.75) is 12.8 Å². The molecule has 0 saturated heterocycles. The van der Waals surface area contributed by atoms with Crippen molar-refractivity contribution < 1.29 is 9.18 Å². The third-order valence-corrected chi connectivity index (χ3v) is 3.95. The topological polar surface area (TPSA) is 42.0 Å². The molecular formula is C20H16ClFN2O. The Labute approximate surface area is 150 Å². The summed E-state index contributed by atoms with van der Waals surface area (Å²) in [4.78, 5) is 16.0. The van der Waals surface area contributed by atoms with Crippen molar-refractivity contribution >= 4 is 23.2 Å². The van der Waals surface area contributed by atoms with Crippen LogP contribution in [-0.2, 0) is 11.2 Å². The summed E-state index contributed by atoms with van der Waals surface area (Å²) in [7, 11) is 0. The van der Waals surface area contributed by atoms with Crippen LogP contribution >= 0.6 is 11.6 Å². The van der Waals surface area contributed by atoms with Gasteiger partial charge >= 0.3 is 0 Å². The van der Waals surface area contributed by atoms with Gasteiger partial charge in [-0.15, -0.1) is 0 Å². The molecule has 1 amide bonds. The highest BCUT2D eigenvalue weighted by molar-refractivity contribution is 6.30. The van der Waals surface area contributed by atoms with Gasteiger partial charge in [0, 0.05) is 28.9 Å². The van der Waals surface area contributed by atoms with Gasteiger partial charge < -0.3 is 5.32 Å². The second-order valence-electron chi connectivity index (χ2n) is 5.65. The summed E-state index contributed by atoms with van der Waals surface area (Å²) in [5.41, 5.74) is 3.27. The molecule has 0 aliphatic rings. The Morgan fingerprint density at radius 1 is 1.04 bits per heavy atom. The van der Waals surface area contributed by atoms with Gasteiger partial charge in [-0.2, -0.15) is 0 Å². The van der Waals surface area contributed by atoms with Crippen LogP contribution in [0.25, 0.3) is 11.1 Å². The Kier molecular flexibility index (Phi) is 5.41. The zero-order chi connectivity index (χ0) is 17.6. The first-order chi connectivity index (χ1) is 12.1. The van der Waals surface area contributed by atoms with Gasteiger partial charge in [-0.1, -0.05) is 41.9 Å². The molecule has 3 nitrogen and oxygen atoms in total. The van der Waals surface area contributed by atoms with Gasteiger partial charge in [0.1, 0.15) is 5.82 Å². The maximum atomic E-state index is 13.3. The Bertz CT molecular complexity index is 898. The van der Waals surface area contributed by atoms with E-state index in [-0.39, 0.29) is 11.7 Å². The fourth-order valence-corrected chi connectivity index (χ4v) is 2.71. The standard InChI is InChI=1S/C20H16ClFN2O/c21-17-5-2-6-19(11-17)24-20(25)8-7-14-3-1-4-15(9-14)16-10-18(22)13-23-12-16/h1-6,9-13H,7-8H2,(H,24,25). The van der Waals surface area contributed by atoms with Gasteiger partial charge in [-0.05, 0) is 41.8 Å². The monoisotopic (exact) mass is 354 g/mol. The number of carbonyl (C=O) groups excluding carboxylic acids is 1. The first kappa shape index (κ1) is 17.1. The lowest BCUT2D eigenvalue weighted by atomic mass is 10.0. The van der Waals surface area contributed by atoms with Crippen molar-refractivity contribution in [1.29, 1.82) is 0 Å². The molecule has 25 heavy (non-hydrogen) atoms. The van der Waals surface area contributed by atoms with Crippen LogP contribution in [0.2, 0.25) is 5.02 Å². The quantitative estimate of drug-likeness (QED) is 0.691. The first-order valence-corrected chi connectivity index (χ1v) is 8.23. The molecule has 0 spiro atoms. The number of aromatic nitrogens is 1. The number of pyridine rings is 1. The number of hydrogen-bond acceptors (Lipinski definition) is 2. The van der Waals surface area contributed by atoms with E-state index >= 15 is 0 Å². The predicted octanol–water partition coefficient (Wildman–Crippen LogP) is 5.11. The average molecular weight is 355 g/mol. The molecular weight excluding hydrogens is 339 g/mol. The molecule has 1 N–H and O–H groups in total. The van der Waals surface area contributed by atoms with E-state index in [4.69, 9.17) is 11.6 Å². The summed E-state index contributed by atoms with van der Waals surface area (Å²) in [5.74, 6) is -0.455. The maximum Gasteiger partial charge on any atom is 0.224 e. The van der Waals surface area contributed by atoms with Crippen LogP contribution < -0.4 is 5.32 Å². The number of halogens is 2. The first-order valence-electron chi connectivity index (χ1n) is 7.85. The van der Waals surface area contributed by atoms with Crippen molar-refractivity contribution in [2.75, 3.05) is 5.32 Å². The lowest BCUT2D eigenvalue weighted by Crippen LogP contribution is -2.12. The van der Waals surface area contributed by atoms with Crippen LogP contribution in [0.4, 0.5) is 10.1 Å². The number of rotatable bonds is 5. The van der Waals surface area contributed by atoms with Crippen molar-refractivity contribution in [1.82, 2.24) is 4.98 Å². The molecule has 3 aromatic rings. The van der Waals surface area contributed by atoms with Gasteiger partial charge in [0.05, 0.1) is 6.20 Å². The Morgan fingerprint density at radius 3 is 2.68 bits per heavy atom. The van der Waals surface area contributed by atoms with Crippen molar-refractivity contribution in [3.8, 4) is 11.1 Å². The minimum absolute atomic E-state index is 0.0832. The van der Waals surface area contributed by atoms with Crippen LogP contribution in [0.5, 0.6) is 0 Å². The highest BCUT2D eigenvalue weighted by atomic mass is 35.5. The molecule has 0 unspecified atom stereocenters. The van der Waals surface area contributed by atoms with Crippen molar-refractivity contribution in [3.05, 3.63) is 83.4 Å². The second kappa shape index (κ2) is 7.90. The average Bonchev–Trinajstić information content (AvgIpc) is 2.60. The smallest absolute Gasteiger partial charge is 0.224 e. The van der Waals surface area contributed by atoms with E-state index in [9.17, 15) is 9.18 Å². The largest absolute Gasteiger partial charge is 0.326 e. The van der Waals surface area contributed by atoms with Gasteiger partial charge in [0.25, 0.3) is 0 Å². The van der Waals surface area contributed by atoms with E-state index in [0.29, 0.717) is 29.1 Å². The normalized spacial score (nSPS) is 10.5. The highest BCUT2D eigenvalue weighted by Crippen LogP contribution is 2.21. The minimum Gasteiger partial charge on any atom is -0.326 e. The number of aryl methyl sites for hydroxylation is 1. The number of anilines is 1. The zero-order valence-corrected chi connectivity index (χ0v) is 14.1. The second-order valence-corrected chi connectivity index (χ2v) is 6.09. The summed E-state index contributed by atoms with van der Waals surface area (Å²) in [5, 5.41) is 3.40. The van der Waals surface area contributed by atoms with E-state index in [1.807, 2.05) is 24.3 Å². The molecule has 1 aromatic heterocycles.